The summed E-state index contributed by atoms with van der Waals surface area (Å²) in [6.07, 6.45) is 4.75. The lowest BCUT2D eigenvalue weighted by Crippen LogP contribution is -2.50. The normalized spacial score (nSPS) is 13.5. The highest BCUT2D eigenvalue weighted by atomic mass is 16.1. The first kappa shape index (κ1) is 18.9. The third-order valence-corrected chi connectivity index (χ3v) is 4.25. The number of carbonyl (C=O) groups excluding carboxylic acids is 1. The van der Waals surface area contributed by atoms with E-state index in [0.29, 0.717) is 12.0 Å². The van der Waals surface area contributed by atoms with Gasteiger partial charge in [-0.3, -0.25) is 9.78 Å². The van der Waals surface area contributed by atoms with Gasteiger partial charge in [0.2, 0.25) is 5.91 Å². The Bertz CT molecular complexity index is 704. The average Bonchev–Trinajstić information content (AvgIpc) is 2.60. The number of hydrogen-bond donors (Lipinski definition) is 2. The van der Waals surface area contributed by atoms with Gasteiger partial charge in [-0.1, -0.05) is 19.9 Å². The van der Waals surface area contributed by atoms with Crippen LogP contribution in [-0.4, -0.2) is 29.5 Å². The number of carbonyl (C=O) groups is 1. The Balaban J connectivity index is 2.17. The Kier molecular flexibility index (Phi) is 6.09. The maximum Gasteiger partial charge on any atom is 0.242 e. The van der Waals surface area contributed by atoms with Crippen LogP contribution in [0.15, 0.2) is 42.7 Å². The van der Waals surface area contributed by atoms with Gasteiger partial charge in [0.25, 0.3) is 0 Å². The summed E-state index contributed by atoms with van der Waals surface area (Å²) in [6, 6.07) is 9.49. The fourth-order valence-corrected chi connectivity index (χ4v) is 2.85. The van der Waals surface area contributed by atoms with Gasteiger partial charge >= 0.3 is 0 Å². The minimum Gasteiger partial charge on any atom is -0.368 e. The molecule has 0 spiro atoms. The van der Waals surface area contributed by atoms with Crippen LogP contribution in [0, 0.1) is 5.92 Å². The molecule has 0 aliphatic rings. The summed E-state index contributed by atoms with van der Waals surface area (Å²) in [4.78, 5) is 22.8. The van der Waals surface area contributed by atoms with Crippen molar-refractivity contribution >= 4 is 11.7 Å². The zero-order valence-corrected chi connectivity index (χ0v) is 15.1. The number of anilines is 1. The highest BCUT2D eigenvalue weighted by Gasteiger charge is 2.35. The highest BCUT2D eigenvalue weighted by Crippen LogP contribution is 2.27. The maximum absolute atomic E-state index is 12.0. The molecule has 0 bridgehead atoms. The van der Waals surface area contributed by atoms with E-state index in [4.69, 9.17) is 11.5 Å². The topological polar surface area (TPSA) is 98.1 Å². The summed E-state index contributed by atoms with van der Waals surface area (Å²) in [5, 5.41) is 0. The van der Waals surface area contributed by atoms with Gasteiger partial charge in [0, 0.05) is 38.1 Å². The monoisotopic (exact) mass is 341 g/mol. The molecule has 2 heterocycles. The first-order valence-corrected chi connectivity index (χ1v) is 8.49. The van der Waals surface area contributed by atoms with Gasteiger partial charge in [-0.05, 0) is 42.2 Å². The Morgan fingerprint density at radius 1 is 1.24 bits per heavy atom. The molecule has 134 valence electrons. The van der Waals surface area contributed by atoms with E-state index in [-0.39, 0.29) is 5.92 Å². The zero-order valence-electron chi connectivity index (χ0n) is 15.1. The Hall–Kier alpha value is -2.47. The number of rotatable bonds is 8. The third-order valence-electron chi connectivity index (χ3n) is 4.25. The van der Waals surface area contributed by atoms with Crippen molar-refractivity contribution in [3.05, 3.63) is 54.0 Å². The number of pyridine rings is 2. The average molecular weight is 341 g/mol. The summed E-state index contributed by atoms with van der Waals surface area (Å²) < 4.78 is 0. The second-order valence-corrected chi connectivity index (χ2v) is 6.83. The molecule has 0 aliphatic carbocycles. The predicted molar refractivity (Wildman–Crippen MR) is 100.0 cm³/mol. The quantitative estimate of drug-likeness (QED) is 0.763. The Morgan fingerprint density at radius 2 is 2.00 bits per heavy atom. The first-order chi connectivity index (χ1) is 11.8. The first-order valence-electron chi connectivity index (χ1n) is 8.49. The van der Waals surface area contributed by atoms with Crippen LogP contribution in [-0.2, 0) is 16.8 Å². The van der Waals surface area contributed by atoms with Crippen LogP contribution in [0.1, 0.15) is 31.5 Å². The minimum absolute atomic E-state index is 0.246. The van der Waals surface area contributed by atoms with Crippen molar-refractivity contribution in [1.29, 1.82) is 0 Å². The lowest BCUT2D eigenvalue weighted by atomic mass is 9.83. The van der Waals surface area contributed by atoms with E-state index >= 15 is 0 Å². The van der Waals surface area contributed by atoms with Crippen molar-refractivity contribution in [2.24, 2.45) is 17.4 Å². The van der Waals surface area contributed by atoms with Gasteiger partial charge in [0.15, 0.2) is 0 Å². The van der Waals surface area contributed by atoms with Crippen molar-refractivity contribution in [2.75, 3.05) is 18.5 Å². The molecule has 6 heteroatoms. The van der Waals surface area contributed by atoms with Crippen molar-refractivity contribution in [3.63, 3.8) is 0 Å². The lowest BCUT2D eigenvalue weighted by Gasteiger charge is -2.29. The third kappa shape index (κ3) is 4.76. The number of hydrogen-bond acceptors (Lipinski definition) is 5. The molecule has 0 unspecified atom stereocenters. The summed E-state index contributed by atoms with van der Waals surface area (Å²) >= 11 is 0. The smallest absolute Gasteiger partial charge is 0.242 e. The molecule has 4 N–H and O–H groups in total. The largest absolute Gasteiger partial charge is 0.368 e. The second-order valence-electron chi connectivity index (χ2n) is 6.83. The molecular weight excluding hydrogens is 314 g/mol. The van der Waals surface area contributed by atoms with E-state index in [1.54, 1.807) is 18.5 Å². The number of amides is 1. The summed E-state index contributed by atoms with van der Waals surface area (Å²) in [5.74, 6) is 0.485. The Labute approximate surface area is 149 Å². The molecule has 0 fully saturated rings. The molecule has 2 aromatic rings. The fourth-order valence-electron chi connectivity index (χ4n) is 2.85. The van der Waals surface area contributed by atoms with Gasteiger partial charge in [-0.15, -0.1) is 0 Å². The summed E-state index contributed by atoms with van der Waals surface area (Å²) in [6.45, 7) is 4.79. The van der Waals surface area contributed by atoms with Crippen LogP contribution in [0.3, 0.4) is 0 Å². The van der Waals surface area contributed by atoms with E-state index in [1.165, 1.54) is 0 Å². The van der Waals surface area contributed by atoms with Crippen LogP contribution >= 0.6 is 0 Å². The van der Waals surface area contributed by atoms with Gasteiger partial charge < -0.3 is 16.4 Å². The lowest BCUT2D eigenvalue weighted by molar-refractivity contribution is -0.124. The molecule has 0 radical (unpaired) electrons. The van der Waals surface area contributed by atoms with E-state index in [9.17, 15) is 4.79 Å². The fraction of sp³-hybridized carbons (Fsp3) is 0.421. The standard InChI is InChI=1S/C19H27N5O/c1-14(2)13-19(21,18(20)25)15-7-10-23-17(12-15)24(3)11-8-16-6-4-5-9-22-16/h4-7,9-10,12,14H,8,11,13,21H2,1-3H3,(H2,20,25)/t19-/m1/s1. The summed E-state index contributed by atoms with van der Waals surface area (Å²) in [5.41, 5.74) is 12.5. The van der Waals surface area contributed by atoms with Gasteiger partial charge in [-0.2, -0.15) is 0 Å². The van der Waals surface area contributed by atoms with Gasteiger partial charge in [0.05, 0.1) is 0 Å². The van der Waals surface area contributed by atoms with Crippen molar-refractivity contribution < 1.29 is 4.79 Å². The SMILES string of the molecule is CC(C)C[C@](N)(C(N)=O)c1ccnc(N(C)CCc2ccccn2)c1. The molecule has 0 aromatic carbocycles. The number of likely N-dealkylation sites (N-methyl/N-ethyl adjacent to an activating group) is 1. The van der Waals surface area contributed by atoms with E-state index < -0.39 is 11.4 Å². The molecule has 6 nitrogen and oxygen atoms in total. The molecule has 2 aromatic heterocycles. The Morgan fingerprint density at radius 3 is 2.60 bits per heavy atom. The summed E-state index contributed by atoms with van der Waals surface area (Å²) in [7, 11) is 1.96. The van der Waals surface area contributed by atoms with E-state index in [2.05, 4.69) is 9.97 Å². The van der Waals surface area contributed by atoms with Crippen molar-refractivity contribution in [2.45, 2.75) is 32.2 Å². The van der Waals surface area contributed by atoms with E-state index in [1.807, 2.05) is 50.1 Å². The maximum atomic E-state index is 12.0. The van der Waals surface area contributed by atoms with Crippen LogP contribution in [0.4, 0.5) is 5.82 Å². The van der Waals surface area contributed by atoms with E-state index in [0.717, 1.165) is 24.5 Å². The van der Waals surface area contributed by atoms with Crippen molar-refractivity contribution in [3.8, 4) is 0 Å². The number of primary amides is 1. The second kappa shape index (κ2) is 8.07. The molecular formula is C19H27N5O. The number of nitrogens with two attached hydrogens (primary N) is 2. The van der Waals surface area contributed by atoms with Gasteiger partial charge in [-0.25, -0.2) is 4.98 Å². The molecule has 0 aliphatic heterocycles. The molecule has 1 amide bonds. The molecule has 1 atom stereocenters. The highest BCUT2D eigenvalue weighted by molar-refractivity contribution is 5.86. The van der Waals surface area contributed by atoms with Crippen LogP contribution in [0.5, 0.6) is 0 Å². The molecule has 0 saturated carbocycles. The number of aromatic nitrogens is 2. The van der Waals surface area contributed by atoms with Crippen LogP contribution in [0.25, 0.3) is 0 Å². The number of nitrogens with zero attached hydrogens (tertiary/aromatic N) is 3. The minimum atomic E-state index is -1.19. The molecule has 2 rings (SSSR count). The molecule has 0 saturated heterocycles. The van der Waals surface area contributed by atoms with Crippen molar-refractivity contribution in [1.82, 2.24) is 9.97 Å². The predicted octanol–water partition coefficient (Wildman–Crippen LogP) is 1.84. The zero-order chi connectivity index (χ0) is 18.4. The van der Waals surface area contributed by atoms with Crippen LogP contribution < -0.4 is 16.4 Å². The molecule has 25 heavy (non-hydrogen) atoms. The van der Waals surface area contributed by atoms with Gasteiger partial charge in [0.1, 0.15) is 11.4 Å². The van der Waals surface area contributed by atoms with Crippen LogP contribution in [0.2, 0.25) is 0 Å².